The van der Waals surface area contributed by atoms with Gasteiger partial charge in [0.1, 0.15) is 5.57 Å². The second kappa shape index (κ2) is 9.77. The summed E-state index contributed by atoms with van der Waals surface area (Å²) in [7, 11) is 0. The van der Waals surface area contributed by atoms with Crippen LogP contribution in [0.2, 0.25) is 0 Å². The van der Waals surface area contributed by atoms with Crippen LogP contribution in [0.15, 0.2) is 66.2 Å². The average Bonchev–Trinajstić information content (AvgIpc) is 3.13. The Hall–Kier alpha value is -3.51. The molecule has 0 saturated carbocycles. The number of para-hydroxylation sites is 1. The van der Waals surface area contributed by atoms with E-state index in [1.165, 1.54) is 15.4 Å². The number of aryl methyl sites for hydroxylation is 2. The van der Waals surface area contributed by atoms with E-state index in [9.17, 15) is 9.59 Å². The predicted molar refractivity (Wildman–Crippen MR) is 141 cm³/mol. The van der Waals surface area contributed by atoms with E-state index in [1.807, 2.05) is 57.2 Å². The first-order chi connectivity index (χ1) is 16.4. The Labute approximate surface area is 206 Å². The molecule has 0 aliphatic carbocycles. The second-order valence-electron chi connectivity index (χ2n) is 8.46. The number of hydrogen-bond acceptors (Lipinski definition) is 3. The first-order valence-electron chi connectivity index (χ1n) is 11.6. The fraction of sp³-hybridized carbons (Fsp3) is 0.250. The number of aromatic nitrogens is 1. The second-order valence-corrected chi connectivity index (χ2v) is 8.82. The van der Waals surface area contributed by atoms with Crippen LogP contribution in [0, 0.1) is 13.8 Å². The third-order valence-corrected chi connectivity index (χ3v) is 6.57. The quantitative estimate of drug-likeness (QED) is 0.267. The molecule has 2 aromatic carbocycles. The van der Waals surface area contributed by atoms with Gasteiger partial charge in [-0.3, -0.25) is 19.4 Å². The Morgan fingerprint density at radius 1 is 0.882 bits per heavy atom. The minimum absolute atomic E-state index is 0.118. The Bertz CT molecular complexity index is 1270. The third kappa shape index (κ3) is 4.21. The predicted octanol–water partition coefficient (Wildman–Crippen LogP) is 5.61. The summed E-state index contributed by atoms with van der Waals surface area (Å²) in [6.45, 7) is 8.61. The van der Waals surface area contributed by atoms with Gasteiger partial charge in [-0.05, 0) is 86.4 Å². The van der Waals surface area contributed by atoms with E-state index in [0.717, 1.165) is 35.5 Å². The van der Waals surface area contributed by atoms with Gasteiger partial charge in [0, 0.05) is 23.6 Å². The molecule has 6 heteroatoms. The number of rotatable bonds is 6. The van der Waals surface area contributed by atoms with Crippen LogP contribution in [0.4, 0.5) is 5.69 Å². The Morgan fingerprint density at radius 2 is 1.56 bits per heavy atom. The number of benzene rings is 2. The molecule has 0 unspecified atom stereocenters. The van der Waals surface area contributed by atoms with E-state index >= 15 is 0 Å². The maximum atomic E-state index is 13.6. The number of anilines is 1. The van der Waals surface area contributed by atoms with Crippen molar-refractivity contribution < 1.29 is 9.59 Å². The van der Waals surface area contributed by atoms with Crippen LogP contribution in [0.25, 0.3) is 11.8 Å². The van der Waals surface area contributed by atoms with Crippen molar-refractivity contribution >= 4 is 40.9 Å². The van der Waals surface area contributed by atoms with E-state index in [0.29, 0.717) is 12.2 Å². The monoisotopic (exact) mass is 471 g/mol. The normalized spacial score (nSPS) is 15.5. The van der Waals surface area contributed by atoms with Gasteiger partial charge in [0.15, 0.2) is 5.11 Å². The van der Waals surface area contributed by atoms with E-state index < -0.39 is 5.91 Å². The molecule has 1 aliphatic rings. The highest BCUT2D eigenvalue weighted by atomic mass is 32.1. The van der Waals surface area contributed by atoms with Crippen molar-refractivity contribution in [3.8, 4) is 5.69 Å². The van der Waals surface area contributed by atoms with Gasteiger partial charge >= 0.3 is 0 Å². The van der Waals surface area contributed by atoms with Crippen molar-refractivity contribution in [2.75, 3.05) is 11.4 Å². The van der Waals surface area contributed by atoms with Crippen molar-refractivity contribution in [3.05, 3.63) is 88.8 Å². The highest BCUT2D eigenvalue weighted by Gasteiger charge is 2.40. The Kier molecular flexibility index (Phi) is 6.80. The van der Waals surface area contributed by atoms with Crippen molar-refractivity contribution in [3.63, 3.8) is 0 Å². The molecular weight excluding hydrogens is 442 g/mol. The van der Waals surface area contributed by atoms with Crippen LogP contribution in [-0.4, -0.2) is 32.9 Å². The molecule has 34 heavy (non-hydrogen) atoms. The van der Waals surface area contributed by atoms with Gasteiger partial charge in [0.2, 0.25) is 0 Å². The summed E-state index contributed by atoms with van der Waals surface area (Å²) in [5.41, 5.74) is 5.94. The molecule has 174 valence electrons. The molecule has 0 N–H and O–H groups in total. The zero-order chi connectivity index (χ0) is 24.4. The van der Waals surface area contributed by atoms with Gasteiger partial charge in [-0.2, -0.15) is 0 Å². The summed E-state index contributed by atoms with van der Waals surface area (Å²) in [6, 6.07) is 19.7. The van der Waals surface area contributed by atoms with Crippen LogP contribution < -0.4 is 4.90 Å². The summed E-state index contributed by atoms with van der Waals surface area (Å²) in [5.74, 6) is -0.744. The third-order valence-electron chi connectivity index (χ3n) is 6.17. The van der Waals surface area contributed by atoms with Crippen molar-refractivity contribution in [2.45, 2.75) is 40.5 Å². The van der Waals surface area contributed by atoms with Gasteiger partial charge in [-0.25, -0.2) is 0 Å². The average molecular weight is 472 g/mol. The molecule has 2 heterocycles. The summed E-state index contributed by atoms with van der Waals surface area (Å²) in [4.78, 5) is 29.9. The number of carbonyl (C=O) groups excluding carboxylic acids is 2. The minimum Gasteiger partial charge on any atom is -0.318 e. The minimum atomic E-state index is -0.398. The van der Waals surface area contributed by atoms with E-state index in [-0.39, 0.29) is 16.6 Å². The fourth-order valence-corrected chi connectivity index (χ4v) is 4.73. The largest absolute Gasteiger partial charge is 0.318 e. The zero-order valence-electron chi connectivity index (χ0n) is 20.0. The molecule has 1 aliphatic heterocycles. The van der Waals surface area contributed by atoms with E-state index in [1.54, 1.807) is 6.08 Å². The summed E-state index contributed by atoms with van der Waals surface area (Å²) >= 11 is 5.58. The van der Waals surface area contributed by atoms with Crippen molar-refractivity contribution in [2.24, 2.45) is 0 Å². The van der Waals surface area contributed by atoms with Gasteiger partial charge < -0.3 is 4.57 Å². The summed E-state index contributed by atoms with van der Waals surface area (Å²) < 4.78 is 2.15. The van der Waals surface area contributed by atoms with Crippen molar-refractivity contribution in [1.82, 2.24) is 9.47 Å². The number of nitrogens with zero attached hydrogens (tertiary/aromatic N) is 3. The lowest BCUT2D eigenvalue weighted by molar-refractivity contribution is -0.127. The highest BCUT2D eigenvalue weighted by Crippen LogP contribution is 2.28. The lowest BCUT2D eigenvalue weighted by atomic mass is 10.1. The maximum absolute atomic E-state index is 13.6. The van der Waals surface area contributed by atoms with Crippen LogP contribution in [0.3, 0.4) is 0 Å². The molecule has 2 amide bonds. The lowest BCUT2D eigenvalue weighted by Gasteiger charge is -2.36. The highest BCUT2D eigenvalue weighted by molar-refractivity contribution is 7.80. The van der Waals surface area contributed by atoms with Crippen LogP contribution >= 0.6 is 12.2 Å². The molecular formula is C28H29N3O2S. The number of amides is 2. The molecule has 5 nitrogen and oxygen atoms in total. The van der Waals surface area contributed by atoms with Crippen LogP contribution in [0.1, 0.15) is 42.8 Å². The molecule has 0 bridgehead atoms. The lowest BCUT2D eigenvalue weighted by Crippen LogP contribution is -2.56. The number of thiocarbonyl (C=S) groups is 1. The van der Waals surface area contributed by atoms with Crippen molar-refractivity contribution in [1.29, 1.82) is 0 Å². The van der Waals surface area contributed by atoms with E-state index in [4.69, 9.17) is 12.2 Å². The topological polar surface area (TPSA) is 45.6 Å². The summed E-state index contributed by atoms with van der Waals surface area (Å²) in [6.07, 6.45) is 3.43. The fourth-order valence-electron chi connectivity index (χ4n) is 4.37. The molecule has 1 saturated heterocycles. The first-order valence-corrected chi connectivity index (χ1v) is 12.0. The Balaban J connectivity index is 1.79. The molecule has 0 spiro atoms. The zero-order valence-corrected chi connectivity index (χ0v) is 20.9. The standard InChI is InChI=1S/C28H29N3O2S/c1-5-16-29-26(32)25(27(33)31(28(29)34)23-10-8-7-9-11-23)18-22-17-19(3)30(20(22)4)24-14-12-21(6-2)13-15-24/h7-15,17-18H,5-6,16H2,1-4H3/b25-18+. The number of carbonyl (C=O) groups is 2. The molecule has 4 rings (SSSR count). The smallest absolute Gasteiger partial charge is 0.270 e. The van der Waals surface area contributed by atoms with Gasteiger partial charge in [-0.15, -0.1) is 0 Å². The molecule has 0 radical (unpaired) electrons. The SMILES string of the molecule is CCCN1C(=O)/C(=C\c2cc(C)n(-c3ccc(CC)cc3)c2C)C(=O)N(c2ccccc2)C1=S. The maximum Gasteiger partial charge on any atom is 0.270 e. The van der Waals surface area contributed by atoms with Gasteiger partial charge in [-0.1, -0.05) is 44.2 Å². The number of hydrogen-bond donors (Lipinski definition) is 0. The van der Waals surface area contributed by atoms with E-state index in [2.05, 4.69) is 35.8 Å². The molecule has 1 aromatic heterocycles. The molecule has 0 atom stereocenters. The van der Waals surface area contributed by atoms with Crippen LogP contribution in [-0.2, 0) is 16.0 Å². The van der Waals surface area contributed by atoms with Crippen LogP contribution in [0.5, 0.6) is 0 Å². The first kappa shape index (κ1) is 23.6. The Morgan fingerprint density at radius 3 is 2.18 bits per heavy atom. The van der Waals surface area contributed by atoms with Gasteiger partial charge in [0.25, 0.3) is 11.8 Å². The summed E-state index contributed by atoms with van der Waals surface area (Å²) in [5, 5.41) is 0.224. The van der Waals surface area contributed by atoms with Gasteiger partial charge in [0.05, 0.1) is 5.69 Å². The molecule has 3 aromatic rings. The molecule has 1 fully saturated rings.